The summed E-state index contributed by atoms with van der Waals surface area (Å²) >= 11 is 0. The Bertz CT molecular complexity index is 796. The van der Waals surface area contributed by atoms with E-state index in [-0.39, 0.29) is 12.6 Å². The molecule has 0 fully saturated rings. The fourth-order valence-corrected chi connectivity index (χ4v) is 3.42. The van der Waals surface area contributed by atoms with E-state index in [0.717, 1.165) is 30.9 Å². The summed E-state index contributed by atoms with van der Waals surface area (Å²) < 4.78 is 2.12. The second kappa shape index (κ2) is 5.55. The van der Waals surface area contributed by atoms with Crippen LogP contribution in [0.3, 0.4) is 0 Å². The van der Waals surface area contributed by atoms with Gasteiger partial charge in [0.2, 0.25) is 0 Å². The van der Waals surface area contributed by atoms with Crippen molar-refractivity contribution in [2.45, 2.75) is 19.0 Å². The molecule has 4 rings (SSSR count). The highest BCUT2D eigenvalue weighted by atomic mass is 16.3. The van der Waals surface area contributed by atoms with E-state index in [1.807, 2.05) is 30.6 Å². The lowest BCUT2D eigenvalue weighted by atomic mass is 9.93. The molecule has 2 aromatic heterocycles. The van der Waals surface area contributed by atoms with Crippen LogP contribution >= 0.6 is 0 Å². The van der Waals surface area contributed by atoms with E-state index in [1.54, 1.807) is 0 Å². The number of aliphatic hydroxyl groups excluding tert-OH is 1. The van der Waals surface area contributed by atoms with Crippen LogP contribution in [0.5, 0.6) is 0 Å². The maximum absolute atomic E-state index is 9.89. The highest BCUT2D eigenvalue weighted by Gasteiger charge is 2.27. The molecule has 1 unspecified atom stereocenters. The van der Waals surface area contributed by atoms with Gasteiger partial charge in [0, 0.05) is 19.3 Å². The van der Waals surface area contributed by atoms with Crippen molar-refractivity contribution < 1.29 is 5.11 Å². The van der Waals surface area contributed by atoms with Crippen LogP contribution in [0.2, 0.25) is 0 Å². The van der Waals surface area contributed by atoms with Crippen LogP contribution in [0.1, 0.15) is 22.9 Å². The van der Waals surface area contributed by atoms with Gasteiger partial charge in [0.25, 0.3) is 0 Å². The van der Waals surface area contributed by atoms with Crippen molar-refractivity contribution in [3.63, 3.8) is 0 Å². The molecule has 22 heavy (non-hydrogen) atoms. The van der Waals surface area contributed by atoms with Gasteiger partial charge in [0.05, 0.1) is 24.5 Å². The minimum atomic E-state index is 0.0687. The lowest BCUT2D eigenvalue weighted by Gasteiger charge is -2.36. The molecule has 0 saturated carbocycles. The van der Waals surface area contributed by atoms with Gasteiger partial charge < -0.3 is 9.51 Å². The van der Waals surface area contributed by atoms with Gasteiger partial charge in [-0.15, -0.1) is 0 Å². The summed E-state index contributed by atoms with van der Waals surface area (Å²) in [4.78, 5) is 6.80. The van der Waals surface area contributed by atoms with Gasteiger partial charge in [-0.05, 0) is 29.7 Å². The average Bonchev–Trinajstić information content (AvgIpc) is 2.98. The summed E-state index contributed by atoms with van der Waals surface area (Å²) in [6.45, 7) is 1.90. The zero-order valence-corrected chi connectivity index (χ0v) is 12.4. The Kier molecular flexibility index (Phi) is 3.41. The first-order chi connectivity index (χ1) is 10.9. The smallest absolute Gasteiger partial charge is 0.136 e. The van der Waals surface area contributed by atoms with E-state index in [2.05, 4.69) is 38.6 Å². The van der Waals surface area contributed by atoms with E-state index in [4.69, 9.17) is 0 Å². The normalized spacial score (nSPS) is 18.5. The predicted molar refractivity (Wildman–Crippen MR) is 85.6 cm³/mol. The lowest BCUT2D eigenvalue weighted by molar-refractivity contribution is 0.107. The number of imidazole rings is 1. The van der Waals surface area contributed by atoms with Crippen LogP contribution in [0.4, 0.5) is 0 Å². The highest BCUT2D eigenvalue weighted by Crippen LogP contribution is 2.30. The standard InChI is InChI=1S/C18H19N3O/c22-13-17-16-6-2-1-5-14(16)8-10-20(17)12-15-11-19-18-7-3-4-9-21(15)18/h1-7,9,11,17,22H,8,10,12-13H2. The SMILES string of the molecule is OCC1c2ccccc2CCN1Cc1cnc2ccccn12. The molecule has 1 aliphatic rings. The zero-order valence-electron chi connectivity index (χ0n) is 12.4. The van der Waals surface area contributed by atoms with Gasteiger partial charge in [0.15, 0.2) is 0 Å². The Balaban J connectivity index is 1.66. The van der Waals surface area contributed by atoms with E-state index in [0.29, 0.717) is 0 Å². The molecule has 4 nitrogen and oxygen atoms in total. The van der Waals surface area contributed by atoms with Gasteiger partial charge in [-0.1, -0.05) is 30.3 Å². The Morgan fingerprint density at radius 1 is 1.14 bits per heavy atom. The maximum Gasteiger partial charge on any atom is 0.136 e. The molecular formula is C18H19N3O. The summed E-state index contributed by atoms with van der Waals surface area (Å²) in [5, 5.41) is 9.89. The van der Waals surface area contributed by atoms with E-state index >= 15 is 0 Å². The molecule has 0 spiro atoms. The second-order valence-electron chi connectivity index (χ2n) is 5.80. The second-order valence-corrected chi connectivity index (χ2v) is 5.80. The number of benzene rings is 1. The minimum absolute atomic E-state index is 0.0687. The fraction of sp³-hybridized carbons (Fsp3) is 0.278. The van der Waals surface area contributed by atoms with Crippen LogP contribution in [0, 0.1) is 0 Å². The molecule has 1 aromatic carbocycles. The van der Waals surface area contributed by atoms with E-state index in [1.165, 1.54) is 11.1 Å². The van der Waals surface area contributed by atoms with E-state index < -0.39 is 0 Å². The summed E-state index contributed by atoms with van der Waals surface area (Å²) in [6.07, 6.45) is 5.01. The van der Waals surface area contributed by atoms with Gasteiger partial charge in [0.1, 0.15) is 5.65 Å². The molecule has 0 saturated heterocycles. The summed E-state index contributed by atoms with van der Waals surface area (Å²) in [6, 6.07) is 14.5. The van der Waals surface area contributed by atoms with Crippen LogP contribution in [-0.4, -0.2) is 32.5 Å². The van der Waals surface area contributed by atoms with Crippen molar-refractivity contribution in [2.24, 2.45) is 0 Å². The van der Waals surface area contributed by atoms with Gasteiger partial charge in [-0.3, -0.25) is 4.90 Å². The number of hydrogen-bond acceptors (Lipinski definition) is 3. The molecule has 3 heterocycles. The van der Waals surface area contributed by atoms with Crippen molar-refractivity contribution in [3.05, 3.63) is 71.7 Å². The number of hydrogen-bond donors (Lipinski definition) is 1. The lowest BCUT2D eigenvalue weighted by Crippen LogP contribution is -2.37. The van der Waals surface area contributed by atoms with Crippen LogP contribution < -0.4 is 0 Å². The van der Waals surface area contributed by atoms with Crippen molar-refractivity contribution in [3.8, 4) is 0 Å². The molecule has 112 valence electrons. The topological polar surface area (TPSA) is 40.8 Å². The molecule has 0 aliphatic carbocycles. The van der Waals surface area contributed by atoms with Crippen LogP contribution in [-0.2, 0) is 13.0 Å². The first-order valence-corrected chi connectivity index (χ1v) is 7.70. The van der Waals surface area contributed by atoms with Gasteiger partial charge in [-0.2, -0.15) is 0 Å². The van der Waals surface area contributed by atoms with Gasteiger partial charge in [-0.25, -0.2) is 4.98 Å². The highest BCUT2D eigenvalue weighted by molar-refractivity contribution is 5.40. The largest absolute Gasteiger partial charge is 0.394 e. The molecule has 0 amide bonds. The summed E-state index contributed by atoms with van der Waals surface area (Å²) in [5.41, 5.74) is 4.74. The zero-order chi connectivity index (χ0) is 14.9. The maximum atomic E-state index is 9.89. The Morgan fingerprint density at radius 3 is 2.91 bits per heavy atom. The Labute approximate surface area is 129 Å². The summed E-state index contributed by atoms with van der Waals surface area (Å²) in [5.74, 6) is 0. The number of pyridine rings is 1. The molecule has 1 N–H and O–H groups in total. The average molecular weight is 293 g/mol. The molecule has 1 atom stereocenters. The third-order valence-electron chi connectivity index (χ3n) is 4.55. The number of aliphatic hydroxyl groups is 1. The summed E-state index contributed by atoms with van der Waals surface area (Å²) in [7, 11) is 0. The number of fused-ring (bicyclic) bond motifs is 2. The molecule has 1 aliphatic heterocycles. The Morgan fingerprint density at radius 2 is 2.00 bits per heavy atom. The first-order valence-electron chi connectivity index (χ1n) is 7.70. The van der Waals surface area contributed by atoms with Gasteiger partial charge >= 0.3 is 0 Å². The van der Waals surface area contributed by atoms with Crippen LogP contribution in [0.25, 0.3) is 5.65 Å². The quantitative estimate of drug-likeness (QED) is 0.806. The number of rotatable bonds is 3. The van der Waals surface area contributed by atoms with Crippen LogP contribution in [0.15, 0.2) is 54.9 Å². The predicted octanol–water partition coefficient (Wildman–Crippen LogP) is 2.43. The van der Waals surface area contributed by atoms with E-state index in [9.17, 15) is 5.11 Å². The Hall–Kier alpha value is -2.17. The molecule has 4 heteroatoms. The molecule has 3 aromatic rings. The molecular weight excluding hydrogens is 274 g/mol. The third-order valence-corrected chi connectivity index (χ3v) is 4.55. The van der Waals surface area contributed by atoms with Crippen molar-refractivity contribution >= 4 is 5.65 Å². The molecule has 0 bridgehead atoms. The first kappa shape index (κ1) is 13.5. The molecule has 0 radical (unpaired) electrons. The monoisotopic (exact) mass is 293 g/mol. The van der Waals surface area contributed by atoms with Crippen molar-refractivity contribution in [1.29, 1.82) is 0 Å². The van der Waals surface area contributed by atoms with Crippen molar-refractivity contribution in [2.75, 3.05) is 13.2 Å². The van der Waals surface area contributed by atoms with Crippen molar-refractivity contribution in [1.82, 2.24) is 14.3 Å². The number of nitrogens with zero attached hydrogens (tertiary/aromatic N) is 3. The fourth-order valence-electron chi connectivity index (χ4n) is 3.42. The number of aromatic nitrogens is 2. The third kappa shape index (κ3) is 2.21. The minimum Gasteiger partial charge on any atom is -0.394 e.